The topological polar surface area (TPSA) is 0 Å². The standard InChI is InChI=1S/C13H16F2.C12H16.CH4/c1-12(2,3)10-6-4-9(5-7-10)11-8-13(11,14)15;1-5-10-6-8-11(9-7-10)12(2,3)4;/h4-7,11H,8H2,1-3H3;5-9H,1H2,2-4H3;1H4. The highest BCUT2D eigenvalue weighted by Crippen LogP contribution is 2.55. The van der Waals surface area contributed by atoms with Crippen LogP contribution in [-0.4, -0.2) is 5.92 Å². The fraction of sp³-hybridized carbons (Fsp3) is 0.462. The number of hydrogen-bond acceptors (Lipinski definition) is 0. The smallest absolute Gasteiger partial charge is 0.206 e. The summed E-state index contributed by atoms with van der Waals surface area (Å²) in [5.74, 6) is -2.99. The Morgan fingerprint density at radius 3 is 1.46 bits per heavy atom. The molecule has 2 heteroatoms. The van der Waals surface area contributed by atoms with Crippen LogP contribution in [0.5, 0.6) is 0 Å². The fourth-order valence-electron chi connectivity index (χ4n) is 2.91. The minimum atomic E-state index is -2.46. The third kappa shape index (κ3) is 6.29. The van der Waals surface area contributed by atoms with Crippen molar-refractivity contribution in [2.45, 2.75) is 78.1 Å². The summed E-state index contributed by atoms with van der Waals surface area (Å²) < 4.78 is 25.6. The van der Waals surface area contributed by atoms with E-state index in [1.807, 2.05) is 30.3 Å². The molecule has 154 valence electrons. The number of benzene rings is 2. The first-order valence-corrected chi connectivity index (χ1v) is 9.56. The molecule has 0 saturated heterocycles. The summed E-state index contributed by atoms with van der Waals surface area (Å²) in [6.07, 6.45) is 1.88. The van der Waals surface area contributed by atoms with E-state index in [0.717, 1.165) is 5.56 Å². The molecule has 1 unspecified atom stereocenters. The third-order valence-electron chi connectivity index (χ3n) is 5.02. The molecule has 0 bridgehead atoms. The lowest BCUT2D eigenvalue weighted by Gasteiger charge is -2.19. The molecule has 1 aliphatic rings. The molecule has 0 spiro atoms. The van der Waals surface area contributed by atoms with Crippen molar-refractivity contribution in [2.24, 2.45) is 0 Å². The normalized spacial score (nSPS) is 17.6. The van der Waals surface area contributed by atoms with Crippen molar-refractivity contribution in [3.05, 3.63) is 77.4 Å². The van der Waals surface area contributed by atoms with E-state index in [9.17, 15) is 8.78 Å². The lowest BCUT2D eigenvalue weighted by Crippen LogP contribution is -2.10. The minimum Gasteiger partial charge on any atom is -0.206 e. The van der Waals surface area contributed by atoms with Gasteiger partial charge in [0, 0.05) is 6.42 Å². The number of rotatable bonds is 2. The van der Waals surface area contributed by atoms with Crippen LogP contribution in [0.2, 0.25) is 0 Å². The van der Waals surface area contributed by atoms with E-state index in [4.69, 9.17) is 0 Å². The van der Waals surface area contributed by atoms with Gasteiger partial charge in [0.05, 0.1) is 5.92 Å². The van der Waals surface area contributed by atoms with E-state index in [1.165, 1.54) is 16.7 Å². The van der Waals surface area contributed by atoms with Crippen LogP contribution >= 0.6 is 0 Å². The van der Waals surface area contributed by atoms with Gasteiger partial charge in [-0.3, -0.25) is 0 Å². The van der Waals surface area contributed by atoms with Crippen molar-refractivity contribution < 1.29 is 8.78 Å². The summed E-state index contributed by atoms with van der Waals surface area (Å²) in [6, 6.07) is 16.1. The van der Waals surface area contributed by atoms with Crippen molar-refractivity contribution in [2.75, 3.05) is 0 Å². The van der Waals surface area contributed by atoms with Gasteiger partial charge in [0.1, 0.15) is 0 Å². The Kier molecular flexibility index (Phi) is 7.39. The van der Waals surface area contributed by atoms with Gasteiger partial charge < -0.3 is 0 Å². The number of halogens is 2. The second kappa shape index (κ2) is 8.59. The van der Waals surface area contributed by atoms with Crippen LogP contribution in [0.3, 0.4) is 0 Å². The molecule has 2 aromatic carbocycles. The van der Waals surface area contributed by atoms with E-state index in [0.29, 0.717) is 0 Å². The monoisotopic (exact) mass is 386 g/mol. The molecule has 0 heterocycles. The quantitative estimate of drug-likeness (QED) is 0.486. The summed E-state index contributed by atoms with van der Waals surface area (Å²) in [5.41, 5.74) is 4.85. The van der Waals surface area contributed by atoms with Crippen molar-refractivity contribution >= 4 is 6.08 Å². The highest BCUT2D eigenvalue weighted by atomic mass is 19.3. The maximum absolute atomic E-state index is 12.8. The Bertz CT molecular complexity index is 754. The summed E-state index contributed by atoms with van der Waals surface area (Å²) in [7, 11) is 0. The zero-order valence-electron chi connectivity index (χ0n) is 17.4. The van der Waals surface area contributed by atoms with E-state index < -0.39 is 11.8 Å². The van der Waals surface area contributed by atoms with Crippen LogP contribution < -0.4 is 0 Å². The van der Waals surface area contributed by atoms with Gasteiger partial charge in [-0.2, -0.15) is 0 Å². The Balaban J connectivity index is 0.000000277. The highest BCUT2D eigenvalue weighted by Gasteiger charge is 2.57. The van der Waals surface area contributed by atoms with Crippen LogP contribution in [0.1, 0.15) is 83.6 Å². The first kappa shape index (κ1) is 24.1. The molecule has 0 amide bonds. The average molecular weight is 387 g/mol. The molecule has 28 heavy (non-hydrogen) atoms. The molecular formula is C26H36F2. The molecule has 0 nitrogen and oxygen atoms in total. The van der Waals surface area contributed by atoms with Gasteiger partial charge in [0.2, 0.25) is 0 Å². The Hall–Kier alpha value is -1.96. The predicted molar refractivity (Wildman–Crippen MR) is 119 cm³/mol. The first-order valence-electron chi connectivity index (χ1n) is 9.56. The fourth-order valence-corrected chi connectivity index (χ4v) is 2.91. The molecule has 1 atom stereocenters. The molecule has 3 rings (SSSR count). The summed E-state index contributed by atoms with van der Waals surface area (Å²) in [4.78, 5) is 0. The number of hydrogen-bond donors (Lipinski definition) is 0. The SMILES string of the molecule is C.C=Cc1ccc(C(C)(C)C)cc1.CC(C)(C)c1ccc(C2CC2(F)F)cc1. The maximum atomic E-state index is 12.8. The number of alkyl halides is 2. The maximum Gasteiger partial charge on any atom is 0.255 e. The van der Waals surface area contributed by atoms with Crippen LogP contribution in [0.25, 0.3) is 6.08 Å². The van der Waals surface area contributed by atoms with Gasteiger partial charge in [0.15, 0.2) is 0 Å². The minimum absolute atomic E-state index is 0. The lowest BCUT2D eigenvalue weighted by molar-refractivity contribution is 0.112. The summed E-state index contributed by atoms with van der Waals surface area (Å²) in [5, 5.41) is 0. The van der Waals surface area contributed by atoms with Gasteiger partial charge in [-0.25, -0.2) is 8.78 Å². The van der Waals surface area contributed by atoms with E-state index >= 15 is 0 Å². The molecule has 0 aromatic heterocycles. The Morgan fingerprint density at radius 2 is 1.18 bits per heavy atom. The molecule has 0 aliphatic heterocycles. The summed E-state index contributed by atoms with van der Waals surface area (Å²) in [6.45, 7) is 16.7. The second-order valence-electron chi connectivity index (χ2n) is 9.47. The molecule has 0 radical (unpaired) electrons. The van der Waals surface area contributed by atoms with Crippen molar-refractivity contribution in [3.8, 4) is 0 Å². The zero-order valence-corrected chi connectivity index (χ0v) is 17.4. The molecule has 1 fully saturated rings. The average Bonchev–Trinajstić information content (AvgIpc) is 3.22. The highest BCUT2D eigenvalue weighted by molar-refractivity contribution is 5.47. The Labute approximate surface area is 170 Å². The van der Waals surface area contributed by atoms with Crippen LogP contribution in [0, 0.1) is 0 Å². The molecule has 1 aliphatic carbocycles. The first-order chi connectivity index (χ1) is 12.3. The summed E-state index contributed by atoms with van der Waals surface area (Å²) >= 11 is 0. The van der Waals surface area contributed by atoms with Gasteiger partial charge in [-0.15, -0.1) is 0 Å². The van der Waals surface area contributed by atoms with Gasteiger partial charge >= 0.3 is 0 Å². The molecule has 0 N–H and O–H groups in total. The van der Waals surface area contributed by atoms with Crippen molar-refractivity contribution in [1.82, 2.24) is 0 Å². The van der Waals surface area contributed by atoms with Crippen molar-refractivity contribution in [1.29, 1.82) is 0 Å². The van der Waals surface area contributed by atoms with Crippen LogP contribution in [0.15, 0.2) is 55.1 Å². The van der Waals surface area contributed by atoms with E-state index in [2.05, 4.69) is 72.4 Å². The van der Waals surface area contributed by atoms with Gasteiger partial charge in [-0.1, -0.05) is 110 Å². The van der Waals surface area contributed by atoms with Crippen LogP contribution in [0.4, 0.5) is 8.78 Å². The lowest BCUT2D eigenvalue weighted by atomic mass is 9.86. The zero-order chi connectivity index (χ0) is 20.5. The molecule has 2 aromatic rings. The third-order valence-corrected chi connectivity index (χ3v) is 5.02. The van der Waals surface area contributed by atoms with E-state index in [1.54, 1.807) is 0 Å². The molecule has 1 saturated carbocycles. The van der Waals surface area contributed by atoms with Crippen LogP contribution in [-0.2, 0) is 10.8 Å². The molecular weight excluding hydrogens is 350 g/mol. The Morgan fingerprint density at radius 1 is 0.821 bits per heavy atom. The predicted octanol–water partition coefficient (Wildman–Crippen LogP) is 8.37. The van der Waals surface area contributed by atoms with Gasteiger partial charge in [-0.05, 0) is 33.1 Å². The largest absolute Gasteiger partial charge is 0.255 e. The van der Waals surface area contributed by atoms with Crippen molar-refractivity contribution in [3.63, 3.8) is 0 Å². The second-order valence-corrected chi connectivity index (χ2v) is 9.47. The van der Waals surface area contributed by atoms with Gasteiger partial charge in [0.25, 0.3) is 5.92 Å². The van der Waals surface area contributed by atoms with E-state index in [-0.39, 0.29) is 24.7 Å².